The standard InChI is InChI=1S/C13H17NO3/c1-16-13(15)7-10-4-5-12(11(14)6-10)17-8-9-2-3-9/h4-6,9H,2-3,7-8,14H2,1H3. The van der Waals surface area contributed by atoms with Gasteiger partial charge in [-0.1, -0.05) is 6.07 Å². The molecule has 0 aromatic heterocycles. The van der Waals surface area contributed by atoms with Gasteiger partial charge in [0.1, 0.15) is 5.75 Å². The molecule has 2 N–H and O–H groups in total. The number of anilines is 1. The van der Waals surface area contributed by atoms with Gasteiger partial charge in [-0.15, -0.1) is 0 Å². The first-order valence-corrected chi connectivity index (χ1v) is 5.77. The molecule has 1 saturated carbocycles. The number of rotatable bonds is 5. The Morgan fingerprint density at radius 3 is 2.82 bits per heavy atom. The van der Waals surface area contributed by atoms with Crippen LogP contribution in [0.2, 0.25) is 0 Å². The summed E-state index contributed by atoms with van der Waals surface area (Å²) in [6.07, 6.45) is 2.74. The molecule has 0 saturated heterocycles. The maximum atomic E-state index is 11.1. The van der Waals surface area contributed by atoms with Crippen LogP contribution in [0, 0.1) is 5.92 Å². The SMILES string of the molecule is COC(=O)Cc1ccc(OCC2CC2)c(N)c1. The van der Waals surface area contributed by atoms with Gasteiger partial charge in [-0.25, -0.2) is 0 Å². The van der Waals surface area contributed by atoms with Crippen LogP contribution in [0.1, 0.15) is 18.4 Å². The second-order valence-corrected chi connectivity index (χ2v) is 4.38. The van der Waals surface area contributed by atoms with Crippen LogP contribution in [0.4, 0.5) is 5.69 Å². The molecule has 2 rings (SSSR count). The Morgan fingerprint density at radius 2 is 2.24 bits per heavy atom. The third kappa shape index (κ3) is 3.37. The first kappa shape index (κ1) is 11.8. The van der Waals surface area contributed by atoms with Gasteiger partial charge in [-0.2, -0.15) is 0 Å². The first-order valence-electron chi connectivity index (χ1n) is 5.77. The second-order valence-electron chi connectivity index (χ2n) is 4.38. The summed E-state index contributed by atoms with van der Waals surface area (Å²) in [6.45, 7) is 0.737. The zero-order valence-corrected chi connectivity index (χ0v) is 9.94. The van der Waals surface area contributed by atoms with Crippen LogP contribution in [-0.4, -0.2) is 19.7 Å². The van der Waals surface area contributed by atoms with E-state index < -0.39 is 0 Å². The Hall–Kier alpha value is -1.71. The zero-order chi connectivity index (χ0) is 12.3. The van der Waals surface area contributed by atoms with Crippen molar-refractivity contribution in [3.63, 3.8) is 0 Å². The van der Waals surface area contributed by atoms with Gasteiger partial charge in [0.25, 0.3) is 0 Å². The third-order valence-electron chi connectivity index (χ3n) is 2.82. The Kier molecular flexibility index (Phi) is 3.52. The molecule has 0 amide bonds. The minimum Gasteiger partial charge on any atom is -0.491 e. The van der Waals surface area contributed by atoms with Crippen molar-refractivity contribution in [2.45, 2.75) is 19.3 Å². The summed E-state index contributed by atoms with van der Waals surface area (Å²) in [5.41, 5.74) is 7.28. The molecule has 1 aromatic carbocycles. The van der Waals surface area contributed by atoms with E-state index in [1.807, 2.05) is 12.1 Å². The monoisotopic (exact) mass is 235 g/mol. The highest BCUT2D eigenvalue weighted by Crippen LogP contribution is 2.31. The highest BCUT2D eigenvalue weighted by Gasteiger charge is 2.22. The van der Waals surface area contributed by atoms with E-state index in [9.17, 15) is 4.79 Å². The molecule has 0 spiro atoms. The van der Waals surface area contributed by atoms with Crippen molar-refractivity contribution < 1.29 is 14.3 Å². The molecule has 0 bridgehead atoms. The number of esters is 1. The Labute approximate surface area is 101 Å². The molecular weight excluding hydrogens is 218 g/mol. The lowest BCUT2D eigenvalue weighted by Gasteiger charge is -2.09. The van der Waals surface area contributed by atoms with Crippen LogP contribution in [0.15, 0.2) is 18.2 Å². The number of nitrogen functional groups attached to an aromatic ring is 1. The van der Waals surface area contributed by atoms with Crippen LogP contribution in [0.3, 0.4) is 0 Å². The van der Waals surface area contributed by atoms with E-state index in [1.165, 1.54) is 20.0 Å². The molecule has 1 fully saturated rings. The molecule has 1 aliphatic carbocycles. The van der Waals surface area contributed by atoms with E-state index in [-0.39, 0.29) is 12.4 Å². The van der Waals surface area contributed by atoms with Crippen molar-refractivity contribution in [2.24, 2.45) is 5.92 Å². The minimum atomic E-state index is -0.268. The lowest BCUT2D eigenvalue weighted by atomic mass is 10.1. The molecule has 0 aliphatic heterocycles. The molecule has 4 heteroatoms. The molecule has 0 heterocycles. The highest BCUT2D eigenvalue weighted by molar-refractivity contribution is 5.73. The largest absolute Gasteiger partial charge is 0.491 e. The van der Waals surface area contributed by atoms with Gasteiger partial charge in [0.05, 0.1) is 25.8 Å². The van der Waals surface area contributed by atoms with Gasteiger partial charge in [-0.3, -0.25) is 4.79 Å². The van der Waals surface area contributed by atoms with E-state index >= 15 is 0 Å². The van der Waals surface area contributed by atoms with Crippen LogP contribution in [-0.2, 0) is 16.0 Å². The maximum Gasteiger partial charge on any atom is 0.309 e. The summed E-state index contributed by atoms with van der Waals surface area (Å²) in [6, 6.07) is 5.42. The average molecular weight is 235 g/mol. The fraction of sp³-hybridized carbons (Fsp3) is 0.462. The van der Waals surface area contributed by atoms with Crippen molar-refractivity contribution in [1.29, 1.82) is 0 Å². The number of hydrogen-bond acceptors (Lipinski definition) is 4. The van der Waals surface area contributed by atoms with Gasteiger partial charge in [0.15, 0.2) is 0 Å². The van der Waals surface area contributed by atoms with E-state index in [0.717, 1.165) is 12.2 Å². The molecule has 1 aliphatic rings. The normalized spacial score (nSPS) is 14.4. The van der Waals surface area contributed by atoms with Gasteiger partial charge in [-0.05, 0) is 36.5 Å². The van der Waals surface area contributed by atoms with Crippen molar-refractivity contribution >= 4 is 11.7 Å². The number of methoxy groups -OCH3 is 1. The van der Waals surface area contributed by atoms with E-state index in [0.29, 0.717) is 17.4 Å². The fourth-order valence-corrected chi connectivity index (χ4v) is 1.57. The van der Waals surface area contributed by atoms with Gasteiger partial charge >= 0.3 is 5.97 Å². The highest BCUT2D eigenvalue weighted by atomic mass is 16.5. The Morgan fingerprint density at radius 1 is 1.47 bits per heavy atom. The van der Waals surface area contributed by atoms with Crippen LogP contribution >= 0.6 is 0 Å². The molecule has 0 unspecified atom stereocenters. The molecular formula is C13H17NO3. The molecule has 17 heavy (non-hydrogen) atoms. The topological polar surface area (TPSA) is 61.5 Å². The third-order valence-corrected chi connectivity index (χ3v) is 2.82. The Balaban J connectivity index is 1.97. The van der Waals surface area contributed by atoms with Crippen molar-refractivity contribution in [3.8, 4) is 5.75 Å². The lowest BCUT2D eigenvalue weighted by molar-refractivity contribution is -0.139. The summed E-state index contributed by atoms with van der Waals surface area (Å²) in [5, 5.41) is 0. The fourth-order valence-electron chi connectivity index (χ4n) is 1.57. The molecule has 0 radical (unpaired) electrons. The number of benzene rings is 1. The lowest BCUT2D eigenvalue weighted by Crippen LogP contribution is -2.06. The zero-order valence-electron chi connectivity index (χ0n) is 9.94. The van der Waals surface area contributed by atoms with Crippen LogP contribution in [0.25, 0.3) is 0 Å². The summed E-state index contributed by atoms with van der Waals surface area (Å²) in [7, 11) is 1.37. The van der Waals surface area contributed by atoms with E-state index in [2.05, 4.69) is 4.74 Å². The quantitative estimate of drug-likeness (QED) is 0.624. The minimum absolute atomic E-state index is 0.240. The van der Waals surface area contributed by atoms with Crippen molar-refractivity contribution in [3.05, 3.63) is 23.8 Å². The Bertz CT molecular complexity index is 413. The predicted octanol–water partition coefficient (Wildman–Crippen LogP) is 1.77. The summed E-state index contributed by atoms with van der Waals surface area (Å²) in [4.78, 5) is 11.1. The summed E-state index contributed by atoms with van der Waals surface area (Å²) in [5.74, 6) is 1.13. The maximum absolute atomic E-state index is 11.1. The van der Waals surface area contributed by atoms with Gasteiger partial charge < -0.3 is 15.2 Å². The van der Waals surface area contributed by atoms with E-state index in [4.69, 9.17) is 10.5 Å². The number of carbonyl (C=O) groups is 1. The van der Waals surface area contributed by atoms with Gasteiger partial charge in [0.2, 0.25) is 0 Å². The summed E-state index contributed by atoms with van der Waals surface area (Å²) >= 11 is 0. The smallest absolute Gasteiger partial charge is 0.309 e. The van der Waals surface area contributed by atoms with E-state index in [1.54, 1.807) is 6.07 Å². The van der Waals surface area contributed by atoms with Crippen LogP contribution < -0.4 is 10.5 Å². The number of nitrogens with two attached hydrogens (primary N) is 1. The predicted molar refractivity (Wildman–Crippen MR) is 64.8 cm³/mol. The number of carbonyl (C=O) groups excluding carboxylic acids is 1. The molecule has 1 aromatic rings. The van der Waals surface area contributed by atoms with Gasteiger partial charge in [0, 0.05) is 0 Å². The first-order chi connectivity index (χ1) is 8.19. The van der Waals surface area contributed by atoms with Crippen molar-refractivity contribution in [1.82, 2.24) is 0 Å². The molecule has 0 atom stereocenters. The van der Waals surface area contributed by atoms with Crippen LogP contribution in [0.5, 0.6) is 5.75 Å². The second kappa shape index (κ2) is 5.08. The molecule has 4 nitrogen and oxygen atoms in total. The van der Waals surface area contributed by atoms with Crippen molar-refractivity contribution in [2.75, 3.05) is 19.5 Å². The average Bonchev–Trinajstić information content (AvgIpc) is 3.12. The summed E-state index contributed by atoms with van der Waals surface area (Å²) < 4.78 is 10.2. The number of ether oxygens (including phenoxy) is 2. The number of hydrogen-bond donors (Lipinski definition) is 1. The molecule has 92 valence electrons.